The Hall–Kier alpha value is -1.46. The molecule has 0 unspecified atom stereocenters. The van der Waals surface area contributed by atoms with E-state index in [9.17, 15) is 0 Å². The van der Waals surface area contributed by atoms with Crippen LogP contribution in [-0.4, -0.2) is 40.0 Å². The predicted molar refractivity (Wildman–Crippen MR) is 76.7 cm³/mol. The molecule has 6 heteroatoms. The second-order valence-electron chi connectivity index (χ2n) is 5.25. The zero-order chi connectivity index (χ0) is 14.1. The Morgan fingerprint density at radius 2 is 2.00 bits per heavy atom. The quantitative estimate of drug-likeness (QED) is 0.852. The van der Waals surface area contributed by atoms with E-state index in [4.69, 9.17) is 16.0 Å². The first-order valence-electron chi connectivity index (χ1n) is 6.77. The Labute approximate surface area is 123 Å². The van der Waals surface area contributed by atoms with Gasteiger partial charge in [0.2, 0.25) is 0 Å². The molecule has 1 fully saturated rings. The van der Waals surface area contributed by atoms with E-state index in [1.54, 1.807) is 12.4 Å². The number of aryl methyl sites for hydroxylation is 1. The first-order chi connectivity index (χ1) is 9.63. The highest BCUT2D eigenvalue weighted by atomic mass is 35.5. The number of rotatable bonds is 2. The van der Waals surface area contributed by atoms with Gasteiger partial charge in [-0.25, -0.2) is 15.0 Å². The topological polar surface area (TPSA) is 55.1 Å². The van der Waals surface area contributed by atoms with Crippen molar-refractivity contribution in [2.45, 2.75) is 25.7 Å². The van der Waals surface area contributed by atoms with Crippen LogP contribution in [0.5, 0.6) is 0 Å². The van der Waals surface area contributed by atoms with Crippen molar-refractivity contribution < 1.29 is 4.42 Å². The van der Waals surface area contributed by atoms with Crippen molar-refractivity contribution >= 4 is 11.6 Å². The Balaban J connectivity index is 1.85. The Bertz CT molecular complexity index is 605. The van der Waals surface area contributed by atoms with E-state index in [-0.39, 0.29) is 0 Å². The van der Waals surface area contributed by atoms with Crippen molar-refractivity contribution in [2.24, 2.45) is 0 Å². The third kappa shape index (κ3) is 2.69. The maximum atomic E-state index is 6.13. The molecule has 2 aromatic heterocycles. The van der Waals surface area contributed by atoms with Gasteiger partial charge in [-0.1, -0.05) is 11.6 Å². The van der Waals surface area contributed by atoms with Crippen LogP contribution in [-0.2, 0) is 0 Å². The number of oxazole rings is 1. The average molecular weight is 293 g/mol. The van der Waals surface area contributed by atoms with Gasteiger partial charge in [0.1, 0.15) is 11.5 Å². The summed E-state index contributed by atoms with van der Waals surface area (Å²) >= 11 is 6.13. The molecule has 3 rings (SSSR count). The molecule has 0 saturated carbocycles. The smallest absolute Gasteiger partial charge is 0.198 e. The average Bonchev–Trinajstić information content (AvgIpc) is 2.92. The summed E-state index contributed by atoms with van der Waals surface area (Å²) in [6, 6.07) is 0. The van der Waals surface area contributed by atoms with Gasteiger partial charge in [-0.2, -0.15) is 0 Å². The molecule has 2 aromatic rings. The third-order valence-electron chi connectivity index (χ3n) is 3.69. The van der Waals surface area contributed by atoms with Crippen molar-refractivity contribution in [2.75, 3.05) is 20.1 Å². The van der Waals surface area contributed by atoms with Crippen LogP contribution in [0.3, 0.4) is 0 Å². The van der Waals surface area contributed by atoms with Gasteiger partial charge < -0.3 is 9.32 Å². The number of halogens is 1. The molecule has 20 heavy (non-hydrogen) atoms. The van der Waals surface area contributed by atoms with Gasteiger partial charge in [0.05, 0.1) is 11.2 Å². The van der Waals surface area contributed by atoms with Crippen molar-refractivity contribution in [1.29, 1.82) is 0 Å². The molecule has 1 aliphatic heterocycles. The van der Waals surface area contributed by atoms with Crippen molar-refractivity contribution in [3.8, 4) is 11.5 Å². The van der Waals surface area contributed by atoms with Crippen LogP contribution in [0.2, 0.25) is 5.02 Å². The Morgan fingerprint density at radius 1 is 1.25 bits per heavy atom. The van der Waals surface area contributed by atoms with Crippen LogP contribution in [0, 0.1) is 6.92 Å². The van der Waals surface area contributed by atoms with Crippen LogP contribution in [0.25, 0.3) is 11.5 Å². The number of likely N-dealkylation sites (tertiary alicyclic amines) is 1. The van der Waals surface area contributed by atoms with Gasteiger partial charge in [0, 0.05) is 12.1 Å². The Morgan fingerprint density at radius 3 is 2.75 bits per heavy atom. The molecular formula is C14H17ClN4O. The molecule has 106 valence electrons. The molecule has 0 bridgehead atoms. The number of hydrogen-bond acceptors (Lipinski definition) is 5. The van der Waals surface area contributed by atoms with Gasteiger partial charge in [0.15, 0.2) is 11.7 Å². The first kappa shape index (κ1) is 13.5. The third-order valence-corrected chi connectivity index (χ3v) is 3.97. The van der Waals surface area contributed by atoms with Crippen LogP contribution in [0.4, 0.5) is 0 Å². The maximum Gasteiger partial charge on any atom is 0.198 e. The van der Waals surface area contributed by atoms with E-state index in [0.717, 1.165) is 31.8 Å². The zero-order valence-corrected chi connectivity index (χ0v) is 12.4. The minimum Gasteiger partial charge on any atom is -0.439 e. The van der Waals surface area contributed by atoms with Crippen LogP contribution < -0.4 is 0 Å². The molecule has 0 amide bonds. The fourth-order valence-corrected chi connectivity index (χ4v) is 2.65. The lowest BCUT2D eigenvalue weighted by atomic mass is 9.97. The highest BCUT2D eigenvalue weighted by Crippen LogP contribution is 2.31. The lowest BCUT2D eigenvalue weighted by molar-refractivity contribution is 0.238. The molecule has 0 atom stereocenters. The van der Waals surface area contributed by atoms with Gasteiger partial charge in [-0.3, -0.25) is 0 Å². The van der Waals surface area contributed by atoms with Gasteiger partial charge in [0.25, 0.3) is 0 Å². The molecule has 0 aliphatic carbocycles. The van der Waals surface area contributed by atoms with Crippen LogP contribution in [0.15, 0.2) is 16.8 Å². The Kier molecular flexibility index (Phi) is 3.72. The summed E-state index contributed by atoms with van der Waals surface area (Å²) in [6.07, 6.45) is 5.46. The van der Waals surface area contributed by atoms with Gasteiger partial charge in [-0.15, -0.1) is 0 Å². The summed E-state index contributed by atoms with van der Waals surface area (Å²) in [6.45, 7) is 3.99. The van der Waals surface area contributed by atoms with E-state index in [1.807, 2.05) is 6.92 Å². The molecule has 1 saturated heterocycles. The van der Waals surface area contributed by atoms with Gasteiger partial charge in [-0.05, 0) is 39.9 Å². The summed E-state index contributed by atoms with van der Waals surface area (Å²) < 4.78 is 5.88. The SMILES string of the molecule is Cc1ncc(Cl)c(-c2cnc(C3CCN(C)CC3)o2)n1. The molecule has 0 N–H and O–H groups in total. The van der Waals surface area contributed by atoms with Crippen molar-refractivity contribution in [3.63, 3.8) is 0 Å². The van der Waals surface area contributed by atoms with E-state index in [2.05, 4.69) is 26.9 Å². The molecule has 1 aliphatic rings. The maximum absolute atomic E-state index is 6.13. The minimum atomic E-state index is 0.390. The van der Waals surface area contributed by atoms with E-state index >= 15 is 0 Å². The summed E-state index contributed by atoms with van der Waals surface area (Å²) in [5, 5.41) is 0.488. The molecule has 3 heterocycles. The second-order valence-corrected chi connectivity index (χ2v) is 5.66. The van der Waals surface area contributed by atoms with Crippen LogP contribution in [0.1, 0.15) is 30.5 Å². The molecule has 0 radical (unpaired) electrons. The molecular weight excluding hydrogens is 276 g/mol. The highest BCUT2D eigenvalue weighted by Gasteiger charge is 2.23. The number of hydrogen-bond donors (Lipinski definition) is 0. The molecule has 0 spiro atoms. The van der Waals surface area contributed by atoms with Crippen LogP contribution >= 0.6 is 11.6 Å². The molecule has 5 nitrogen and oxygen atoms in total. The first-order valence-corrected chi connectivity index (χ1v) is 7.15. The lowest BCUT2D eigenvalue weighted by Gasteiger charge is -2.26. The second kappa shape index (κ2) is 5.50. The normalized spacial score (nSPS) is 17.6. The summed E-state index contributed by atoms with van der Waals surface area (Å²) in [7, 11) is 2.14. The zero-order valence-electron chi connectivity index (χ0n) is 11.6. The van der Waals surface area contributed by atoms with Crippen molar-refractivity contribution in [1.82, 2.24) is 19.9 Å². The number of piperidine rings is 1. The van der Waals surface area contributed by atoms with Gasteiger partial charge >= 0.3 is 0 Å². The largest absolute Gasteiger partial charge is 0.439 e. The highest BCUT2D eigenvalue weighted by molar-refractivity contribution is 6.32. The van der Waals surface area contributed by atoms with E-state index < -0.39 is 0 Å². The predicted octanol–water partition coefficient (Wildman–Crippen LogP) is 2.90. The van der Waals surface area contributed by atoms with E-state index in [0.29, 0.717) is 28.2 Å². The fourth-order valence-electron chi connectivity index (χ4n) is 2.47. The number of nitrogens with zero attached hydrogens (tertiary/aromatic N) is 4. The monoisotopic (exact) mass is 292 g/mol. The summed E-state index contributed by atoms with van der Waals surface area (Å²) in [5.74, 6) is 2.47. The van der Waals surface area contributed by atoms with Crippen molar-refractivity contribution in [3.05, 3.63) is 29.1 Å². The number of aromatic nitrogens is 3. The minimum absolute atomic E-state index is 0.390. The summed E-state index contributed by atoms with van der Waals surface area (Å²) in [4.78, 5) is 15.1. The summed E-state index contributed by atoms with van der Waals surface area (Å²) in [5.41, 5.74) is 0.617. The molecule has 0 aromatic carbocycles. The lowest BCUT2D eigenvalue weighted by Crippen LogP contribution is -2.29. The fraction of sp³-hybridized carbons (Fsp3) is 0.500. The van der Waals surface area contributed by atoms with E-state index in [1.165, 1.54) is 0 Å². The standard InChI is InChI=1S/C14H17ClN4O/c1-9-16-7-11(15)13(18-9)12-8-17-14(20-12)10-3-5-19(2)6-4-10/h7-8,10H,3-6H2,1-2H3.